The number of carbonyl (C=O) groups is 1. The Hall–Kier alpha value is -1.54. The van der Waals surface area contributed by atoms with Gasteiger partial charge in [-0.15, -0.1) is 11.8 Å². The highest BCUT2D eigenvalue weighted by Gasteiger charge is 2.13. The quantitative estimate of drug-likeness (QED) is 0.565. The van der Waals surface area contributed by atoms with E-state index in [2.05, 4.69) is 45.0 Å². The van der Waals surface area contributed by atoms with Crippen LogP contribution in [-0.4, -0.2) is 11.5 Å². The molecule has 0 radical (unpaired) electrons. The normalized spacial score (nSPS) is 11.4. The molecule has 0 atom stereocenters. The molecule has 1 nitrogen and oxygen atoms in total. The molecule has 110 valence electrons. The van der Waals surface area contributed by atoms with Gasteiger partial charge in [0.15, 0.2) is 5.78 Å². The summed E-state index contributed by atoms with van der Waals surface area (Å²) in [5, 5.41) is 0. The van der Waals surface area contributed by atoms with Gasteiger partial charge in [0.2, 0.25) is 0 Å². The van der Waals surface area contributed by atoms with Gasteiger partial charge in [0.05, 0.1) is 5.75 Å². The minimum Gasteiger partial charge on any atom is -0.293 e. The minimum absolute atomic E-state index is 0.167. The molecule has 2 rings (SSSR count). The van der Waals surface area contributed by atoms with Crippen LogP contribution in [-0.2, 0) is 5.41 Å². The summed E-state index contributed by atoms with van der Waals surface area (Å²) in [6.07, 6.45) is 0. The zero-order valence-corrected chi connectivity index (χ0v) is 14.0. The molecule has 0 saturated heterocycles. The first-order valence-corrected chi connectivity index (χ1v) is 8.18. The zero-order chi connectivity index (χ0) is 15.5. The molecule has 2 aromatic rings. The molecule has 0 fully saturated rings. The lowest BCUT2D eigenvalue weighted by Gasteiger charge is -2.19. The van der Waals surface area contributed by atoms with E-state index in [1.165, 1.54) is 5.56 Å². The van der Waals surface area contributed by atoms with E-state index < -0.39 is 0 Å². The predicted molar refractivity (Wildman–Crippen MR) is 91.4 cm³/mol. The topological polar surface area (TPSA) is 17.1 Å². The number of Topliss-reactive ketones (excluding diaryl/α,β-unsaturated/α-hetero) is 1. The number of thioether (sulfide) groups is 1. The largest absolute Gasteiger partial charge is 0.293 e. The molecule has 21 heavy (non-hydrogen) atoms. The Bertz CT molecular complexity index is 621. The van der Waals surface area contributed by atoms with Crippen molar-refractivity contribution in [1.82, 2.24) is 0 Å². The lowest BCUT2D eigenvalue weighted by atomic mass is 9.87. The molecule has 0 N–H and O–H groups in total. The van der Waals surface area contributed by atoms with Gasteiger partial charge < -0.3 is 0 Å². The predicted octanol–water partition coefficient (Wildman–Crippen LogP) is 5.27. The van der Waals surface area contributed by atoms with Gasteiger partial charge in [-0.25, -0.2) is 0 Å². The van der Waals surface area contributed by atoms with Crippen LogP contribution in [0.4, 0.5) is 0 Å². The van der Waals surface area contributed by atoms with Crippen molar-refractivity contribution in [2.75, 3.05) is 5.75 Å². The Morgan fingerprint density at radius 3 is 2.19 bits per heavy atom. The number of aryl methyl sites for hydroxylation is 1. The van der Waals surface area contributed by atoms with Gasteiger partial charge in [-0.2, -0.15) is 0 Å². The minimum atomic E-state index is 0.167. The molecule has 2 aromatic carbocycles. The van der Waals surface area contributed by atoms with Gasteiger partial charge in [0.25, 0.3) is 0 Å². The molecule has 0 amide bonds. The monoisotopic (exact) mass is 298 g/mol. The van der Waals surface area contributed by atoms with Crippen LogP contribution < -0.4 is 0 Å². The number of hydrogen-bond donors (Lipinski definition) is 0. The summed E-state index contributed by atoms with van der Waals surface area (Å²) in [5.74, 6) is 0.678. The summed E-state index contributed by atoms with van der Waals surface area (Å²) in [5.41, 5.74) is 3.36. The van der Waals surface area contributed by atoms with Crippen molar-refractivity contribution in [3.05, 3.63) is 65.2 Å². The molecule has 0 aliphatic carbocycles. The first-order chi connectivity index (χ1) is 9.88. The Labute approximate surface area is 131 Å². The zero-order valence-electron chi connectivity index (χ0n) is 13.1. The summed E-state index contributed by atoms with van der Waals surface area (Å²) in [6, 6.07) is 16.3. The summed E-state index contributed by atoms with van der Waals surface area (Å²) in [7, 11) is 0. The second-order valence-corrected chi connectivity index (χ2v) is 7.35. The van der Waals surface area contributed by atoms with E-state index >= 15 is 0 Å². The fourth-order valence-electron chi connectivity index (χ4n) is 2.16. The highest BCUT2D eigenvalue weighted by atomic mass is 32.2. The first-order valence-electron chi connectivity index (χ1n) is 7.20. The number of rotatable bonds is 4. The van der Waals surface area contributed by atoms with E-state index in [0.717, 1.165) is 16.0 Å². The summed E-state index contributed by atoms with van der Waals surface area (Å²) >= 11 is 1.60. The van der Waals surface area contributed by atoms with Crippen LogP contribution >= 0.6 is 11.8 Å². The number of hydrogen-bond acceptors (Lipinski definition) is 2. The van der Waals surface area contributed by atoms with Crippen molar-refractivity contribution in [1.29, 1.82) is 0 Å². The van der Waals surface area contributed by atoms with Crippen LogP contribution in [0.3, 0.4) is 0 Å². The highest BCUT2D eigenvalue weighted by molar-refractivity contribution is 8.00. The highest BCUT2D eigenvalue weighted by Crippen LogP contribution is 2.26. The molecule has 0 aliphatic heterocycles. The molecule has 0 aromatic heterocycles. The molecule has 0 unspecified atom stereocenters. The van der Waals surface area contributed by atoms with Crippen LogP contribution in [0.1, 0.15) is 42.3 Å². The van der Waals surface area contributed by atoms with Crippen LogP contribution in [0.15, 0.2) is 53.4 Å². The summed E-state index contributed by atoms with van der Waals surface area (Å²) in [6.45, 7) is 8.60. The summed E-state index contributed by atoms with van der Waals surface area (Å²) < 4.78 is 0. The van der Waals surface area contributed by atoms with Crippen molar-refractivity contribution >= 4 is 17.5 Å². The van der Waals surface area contributed by atoms with E-state index in [9.17, 15) is 4.79 Å². The molecule has 0 aliphatic rings. The summed E-state index contributed by atoms with van der Waals surface area (Å²) in [4.78, 5) is 13.4. The molecule has 0 spiro atoms. The van der Waals surface area contributed by atoms with Crippen LogP contribution in [0, 0.1) is 6.92 Å². The Balaban J connectivity index is 2.00. The van der Waals surface area contributed by atoms with Crippen molar-refractivity contribution in [2.24, 2.45) is 0 Å². The first kappa shape index (κ1) is 15.8. The second kappa shape index (κ2) is 6.48. The molecule has 0 heterocycles. The van der Waals surface area contributed by atoms with E-state index in [-0.39, 0.29) is 11.2 Å². The molecule has 2 heteroatoms. The van der Waals surface area contributed by atoms with Crippen LogP contribution in [0.5, 0.6) is 0 Å². The molecular weight excluding hydrogens is 276 g/mol. The van der Waals surface area contributed by atoms with Crippen molar-refractivity contribution < 1.29 is 4.79 Å². The Morgan fingerprint density at radius 2 is 1.62 bits per heavy atom. The third kappa shape index (κ3) is 4.21. The maximum atomic E-state index is 12.2. The van der Waals surface area contributed by atoms with Gasteiger partial charge in [0.1, 0.15) is 0 Å². The molecular formula is C19H22OS. The van der Waals surface area contributed by atoms with Gasteiger partial charge >= 0.3 is 0 Å². The maximum absolute atomic E-state index is 12.2. The number of ketones is 1. The molecule has 0 bridgehead atoms. The lowest BCUT2D eigenvalue weighted by Crippen LogP contribution is -2.10. The van der Waals surface area contributed by atoms with Crippen molar-refractivity contribution in [2.45, 2.75) is 38.0 Å². The van der Waals surface area contributed by atoms with Crippen molar-refractivity contribution in [3.8, 4) is 0 Å². The Kier molecular flexibility index (Phi) is 4.89. The fraction of sp³-hybridized carbons (Fsp3) is 0.316. The average Bonchev–Trinajstić information content (AvgIpc) is 2.45. The van der Waals surface area contributed by atoms with Gasteiger partial charge in [-0.05, 0) is 35.6 Å². The Morgan fingerprint density at radius 1 is 1.00 bits per heavy atom. The lowest BCUT2D eigenvalue weighted by molar-refractivity contribution is 0.102. The van der Waals surface area contributed by atoms with E-state index in [1.54, 1.807) is 11.8 Å². The van der Waals surface area contributed by atoms with Gasteiger partial charge in [-0.1, -0.05) is 57.2 Å². The SMILES string of the molecule is Cc1ccccc1C(=O)CSc1ccc(C(C)(C)C)cc1. The smallest absolute Gasteiger partial charge is 0.173 e. The van der Waals surface area contributed by atoms with Crippen molar-refractivity contribution in [3.63, 3.8) is 0 Å². The standard InChI is InChI=1S/C19H22OS/c1-14-7-5-6-8-17(14)18(20)13-21-16-11-9-15(10-12-16)19(2,3)4/h5-12H,13H2,1-4H3. The van der Waals surface area contributed by atoms with E-state index in [1.807, 2.05) is 31.2 Å². The van der Waals surface area contributed by atoms with Gasteiger partial charge in [-0.3, -0.25) is 4.79 Å². The average molecular weight is 298 g/mol. The fourth-order valence-corrected chi connectivity index (χ4v) is 2.95. The number of benzene rings is 2. The van der Waals surface area contributed by atoms with Gasteiger partial charge in [0, 0.05) is 10.5 Å². The number of carbonyl (C=O) groups excluding carboxylic acids is 1. The third-order valence-electron chi connectivity index (χ3n) is 3.54. The van der Waals surface area contributed by atoms with E-state index in [4.69, 9.17) is 0 Å². The second-order valence-electron chi connectivity index (χ2n) is 6.30. The maximum Gasteiger partial charge on any atom is 0.173 e. The molecule has 0 saturated carbocycles. The third-order valence-corrected chi connectivity index (χ3v) is 4.55. The van der Waals surface area contributed by atoms with Crippen LogP contribution in [0.25, 0.3) is 0 Å². The van der Waals surface area contributed by atoms with E-state index in [0.29, 0.717) is 5.75 Å². The van der Waals surface area contributed by atoms with Crippen LogP contribution in [0.2, 0.25) is 0 Å².